The third-order valence-electron chi connectivity index (χ3n) is 2.71. The van der Waals surface area contributed by atoms with E-state index in [1.54, 1.807) is 6.07 Å². The summed E-state index contributed by atoms with van der Waals surface area (Å²) >= 11 is 3.52. The molecular weight excluding hydrogens is 304 g/mol. The van der Waals surface area contributed by atoms with E-state index in [2.05, 4.69) is 45.1 Å². The maximum atomic E-state index is 5.80. The van der Waals surface area contributed by atoms with Crippen LogP contribution in [0.1, 0.15) is 24.7 Å². The zero-order valence-corrected chi connectivity index (χ0v) is 12.7. The summed E-state index contributed by atoms with van der Waals surface area (Å²) in [6.45, 7) is 4.15. The van der Waals surface area contributed by atoms with Crippen LogP contribution in [0.3, 0.4) is 0 Å². The van der Waals surface area contributed by atoms with E-state index < -0.39 is 0 Å². The Hall–Kier alpha value is -1.62. The van der Waals surface area contributed by atoms with Gasteiger partial charge in [-0.2, -0.15) is 0 Å². The minimum atomic E-state index is 0.493. The number of nitrogen functional groups attached to an aromatic ring is 1. The van der Waals surface area contributed by atoms with Crippen LogP contribution in [-0.4, -0.2) is 9.97 Å². The predicted octanol–water partition coefficient (Wildman–Crippen LogP) is 3.83. The fraction of sp³-hybridized carbons (Fsp3) is 0.286. The minimum Gasteiger partial charge on any atom is -0.384 e. The number of nitrogens with zero attached hydrogens (tertiary/aromatic N) is 2. The number of benzene rings is 1. The average Bonchev–Trinajstić information content (AvgIpc) is 2.33. The van der Waals surface area contributed by atoms with Crippen molar-refractivity contribution >= 4 is 33.3 Å². The number of nitrogens with two attached hydrogens (primary N) is 1. The maximum Gasteiger partial charge on any atom is 0.136 e. The van der Waals surface area contributed by atoms with Gasteiger partial charge in [-0.1, -0.05) is 28.9 Å². The van der Waals surface area contributed by atoms with Gasteiger partial charge in [0.05, 0.1) is 0 Å². The van der Waals surface area contributed by atoms with E-state index in [0.717, 1.165) is 34.6 Å². The monoisotopic (exact) mass is 320 g/mol. The number of hydrogen-bond donors (Lipinski definition) is 2. The summed E-state index contributed by atoms with van der Waals surface area (Å²) in [5.41, 5.74) is 7.96. The van der Waals surface area contributed by atoms with Crippen molar-refractivity contribution in [1.82, 2.24) is 9.97 Å². The topological polar surface area (TPSA) is 63.8 Å². The Morgan fingerprint density at radius 1 is 1.26 bits per heavy atom. The van der Waals surface area contributed by atoms with E-state index in [1.807, 2.05) is 18.2 Å². The molecule has 0 spiro atoms. The minimum absolute atomic E-state index is 0.493. The van der Waals surface area contributed by atoms with Crippen LogP contribution in [0.4, 0.5) is 17.3 Å². The maximum absolute atomic E-state index is 5.80. The third kappa shape index (κ3) is 3.67. The first kappa shape index (κ1) is 13.8. The molecule has 0 saturated heterocycles. The van der Waals surface area contributed by atoms with Gasteiger partial charge < -0.3 is 11.1 Å². The first-order valence-electron chi connectivity index (χ1n) is 6.25. The van der Waals surface area contributed by atoms with Gasteiger partial charge in [0.15, 0.2) is 0 Å². The average molecular weight is 321 g/mol. The number of aromatic nitrogens is 2. The number of anilines is 3. The number of halogens is 1. The van der Waals surface area contributed by atoms with Gasteiger partial charge in [0.1, 0.15) is 17.5 Å². The summed E-state index contributed by atoms with van der Waals surface area (Å²) in [7, 11) is 0. The molecule has 4 nitrogen and oxygen atoms in total. The van der Waals surface area contributed by atoms with Gasteiger partial charge in [-0.05, 0) is 31.0 Å². The first-order chi connectivity index (χ1) is 9.08. The van der Waals surface area contributed by atoms with Crippen LogP contribution in [0.15, 0.2) is 28.7 Å². The normalized spacial score (nSPS) is 10.5. The second-order valence-corrected chi connectivity index (χ2v) is 5.29. The van der Waals surface area contributed by atoms with Gasteiger partial charge in [-0.3, -0.25) is 0 Å². The largest absolute Gasteiger partial charge is 0.384 e. The highest BCUT2D eigenvalue weighted by molar-refractivity contribution is 9.10. The molecule has 19 heavy (non-hydrogen) atoms. The molecule has 1 aromatic carbocycles. The zero-order valence-electron chi connectivity index (χ0n) is 11.1. The summed E-state index contributed by atoms with van der Waals surface area (Å²) < 4.78 is 1.06. The Balaban J connectivity index is 2.24. The van der Waals surface area contributed by atoms with Crippen molar-refractivity contribution < 1.29 is 0 Å². The summed E-state index contributed by atoms with van der Waals surface area (Å²) in [5.74, 6) is 2.00. The van der Waals surface area contributed by atoms with Crippen LogP contribution < -0.4 is 11.1 Å². The Morgan fingerprint density at radius 3 is 2.74 bits per heavy atom. The number of nitrogens with one attached hydrogen (secondary N) is 1. The summed E-state index contributed by atoms with van der Waals surface area (Å²) in [4.78, 5) is 8.67. The SMILES string of the molecule is CCCc1nc(N)cc(Nc2ccc(C)c(Br)c2)n1. The van der Waals surface area contributed by atoms with Crippen LogP contribution in [0.5, 0.6) is 0 Å². The molecule has 0 unspecified atom stereocenters. The van der Waals surface area contributed by atoms with E-state index in [0.29, 0.717) is 5.82 Å². The highest BCUT2D eigenvalue weighted by Crippen LogP contribution is 2.23. The summed E-state index contributed by atoms with van der Waals surface area (Å²) in [5, 5.41) is 3.25. The van der Waals surface area contributed by atoms with Crippen LogP contribution in [-0.2, 0) is 6.42 Å². The van der Waals surface area contributed by atoms with Crippen molar-refractivity contribution in [2.75, 3.05) is 11.1 Å². The number of rotatable bonds is 4. The van der Waals surface area contributed by atoms with Gasteiger partial charge in [0, 0.05) is 22.6 Å². The van der Waals surface area contributed by atoms with E-state index in [4.69, 9.17) is 5.73 Å². The second-order valence-electron chi connectivity index (χ2n) is 4.43. The highest BCUT2D eigenvalue weighted by atomic mass is 79.9. The molecule has 0 amide bonds. The summed E-state index contributed by atoms with van der Waals surface area (Å²) in [6, 6.07) is 7.82. The lowest BCUT2D eigenvalue weighted by atomic mass is 10.2. The number of hydrogen-bond acceptors (Lipinski definition) is 4. The van der Waals surface area contributed by atoms with Crippen LogP contribution >= 0.6 is 15.9 Å². The lowest BCUT2D eigenvalue weighted by Gasteiger charge is -2.09. The molecule has 0 aliphatic carbocycles. The third-order valence-corrected chi connectivity index (χ3v) is 3.56. The number of aryl methyl sites for hydroxylation is 2. The first-order valence-corrected chi connectivity index (χ1v) is 7.04. The molecule has 2 rings (SSSR count). The molecule has 0 bridgehead atoms. The zero-order chi connectivity index (χ0) is 13.8. The molecule has 0 atom stereocenters. The van der Waals surface area contributed by atoms with E-state index in [9.17, 15) is 0 Å². The van der Waals surface area contributed by atoms with Crippen molar-refractivity contribution in [3.05, 3.63) is 40.1 Å². The second kappa shape index (κ2) is 6.02. The molecule has 2 aromatic rings. The molecule has 0 saturated carbocycles. The van der Waals surface area contributed by atoms with E-state index in [-0.39, 0.29) is 0 Å². The molecule has 0 radical (unpaired) electrons. The van der Waals surface area contributed by atoms with E-state index >= 15 is 0 Å². The molecule has 0 aliphatic heterocycles. The Labute approximate surface area is 121 Å². The summed E-state index contributed by atoms with van der Waals surface area (Å²) in [6.07, 6.45) is 1.83. The smallest absolute Gasteiger partial charge is 0.136 e. The van der Waals surface area contributed by atoms with Crippen molar-refractivity contribution in [3.63, 3.8) is 0 Å². The van der Waals surface area contributed by atoms with Crippen molar-refractivity contribution in [2.24, 2.45) is 0 Å². The van der Waals surface area contributed by atoms with Crippen molar-refractivity contribution in [2.45, 2.75) is 26.7 Å². The van der Waals surface area contributed by atoms with Crippen molar-refractivity contribution in [1.29, 1.82) is 0 Å². The van der Waals surface area contributed by atoms with Gasteiger partial charge in [0.2, 0.25) is 0 Å². The lowest BCUT2D eigenvalue weighted by Crippen LogP contribution is -2.03. The molecule has 0 fully saturated rings. The molecular formula is C14H17BrN4. The Kier molecular flexibility index (Phi) is 4.37. The van der Waals surface area contributed by atoms with Crippen molar-refractivity contribution in [3.8, 4) is 0 Å². The Bertz CT molecular complexity index is 584. The van der Waals surface area contributed by atoms with Crippen LogP contribution in [0, 0.1) is 6.92 Å². The lowest BCUT2D eigenvalue weighted by molar-refractivity contribution is 0.839. The Morgan fingerprint density at radius 2 is 2.05 bits per heavy atom. The fourth-order valence-corrected chi connectivity index (χ4v) is 2.11. The molecule has 100 valence electrons. The van der Waals surface area contributed by atoms with Gasteiger partial charge in [0.25, 0.3) is 0 Å². The highest BCUT2D eigenvalue weighted by Gasteiger charge is 2.04. The van der Waals surface area contributed by atoms with Gasteiger partial charge in [-0.25, -0.2) is 9.97 Å². The fourth-order valence-electron chi connectivity index (χ4n) is 1.74. The van der Waals surface area contributed by atoms with Crippen LogP contribution in [0.2, 0.25) is 0 Å². The van der Waals surface area contributed by atoms with Gasteiger partial charge >= 0.3 is 0 Å². The van der Waals surface area contributed by atoms with Crippen LogP contribution in [0.25, 0.3) is 0 Å². The molecule has 0 aliphatic rings. The quantitative estimate of drug-likeness (QED) is 0.898. The van der Waals surface area contributed by atoms with E-state index in [1.165, 1.54) is 5.56 Å². The molecule has 5 heteroatoms. The predicted molar refractivity (Wildman–Crippen MR) is 82.6 cm³/mol. The molecule has 1 aromatic heterocycles. The van der Waals surface area contributed by atoms with Gasteiger partial charge in [-0.15, -0.1) is 0 Å². The molecule has 3 N–H and O–H groups in total. The standard InChI is InChI=1S/C14H17BrN4/c1-3-4-13-18-12(16)8-14(19-13)17-10-6-5-9(2)11(15)7-10/h5-8H,3-4H2,1-2H3,(H3,16,17,18,19). The molecule has 1 heterocycles.